The summed E-state index contributed by atoms with van der Waals surface area (Å²) >= 11 is 0. The van der Waals surface area contributed by atoms with Crippen LogP contribution in [0.2, 0.25) is 0 Å². The van der Waals surface area contributed by atoms with Crippen LogP contribution in [0.3, 0.4) is 0 Å². The molecule has 7 heteroatoms. The summed E-state index contributed by atoms with van der Waals surface area (Å²) in [5.41, 5.74) is 3.36. The molecule has 0 spiro atoms. The molecule has 0 aliphatic carbocycles. The summed E-state index contributed by atoms with van der Waals surface area (Å²) in [4.78, 5) is 12.7. The van der Waals surface area contributed by atoms with Gasteiger partial charge in [-0.3, -0.25) is 4.79 Å². The van der Waals surface area contributed by atoms with E-state index in [1.54, 1.807) is 19.9 Å². The molecular weight excluding hydrogens is 386 g/mol. The highest BCUT2D eigenvalue weighted by atomic mass is 32.2. The molecule has 0 unspecified atom stereocenters. The average Bonchev–Trinajstić information content (AvgIpc) is 2.70. The highest BCUT2D eigenvalue weighted by molar-refractivity contribution is 7.90. The molecule has 1 heterocycles. The molecular formula is C22H27N3O3S. The number of carbonyl (C=O) groups is 1. The molecule has 2 N–H and O–H groups in total. The van der Waals surface area contributed by atoms with Gasteiger partial charge in [0.05, 0.1) is 4.90 Å². The molecule has 0 saturated carbocycles. The first-order chi connectivity index (χ1) is 13.8. The monoisotopic (exact) mass is 413 g/mol. The fourth-order valence-corrected chi connectivity index (χ4v) is 4.71. The molecule has 6 nitrogen and oxygen atoms in total. The molecule has 29 heavy (non-hydrogen) atoms. The van der Waals surface area contributed by atoms with Crippen molar-refractivity contribution in [2.75, 3.05) is 18.4 Å². The number of sulfonamides is 1. The molecule has 2 aromatic rings. The third kappa shape index (κ3) is 5.10. The Morgan fingerprint density at radius 2 is 1.76 bits per heavy atom. The first-order valence-electron chi connectivity index (χ1n) is 9.78. The number of carbonyl (C=O) groups excluding carboxylic acids is 1. The van der Waals surface area contributed by atoms with E-state index < -0.39 is 10.0 Å². The number of benzene rings is 2. The number of anilines is 1. The second-order valence-corrected chi connectivity index (χ2v) is 9.08. The summed E-state index contributed by atoms with van der Waals surface area (Å²) in [5.74, 6) is -0.0820. The van der Waals surface area contributed by atoms with Gasteiger partial charge in [0.25, 0.3) is 15.9 Å². The van der Waals surface area contributed by atoms with Crippen LogP contribution < -0.4 is 10.6 Å². The van der Waals surface area contributed by atoms with Crippen molar-refractivity contribution in [3.05, 3.63) is 59.2 Å². The maximum absolute atomic E-state index is 12.8. The number of nitrogens with zero attached hydrogens (tertiary/aromatic N) is 1. The van der Waals surface area contributed by atoms with Gasteiger partial charge in [-0.05, 0) is 82.1 Å². The van der Waals surface area contributed by atoms with Gasteiger partial charge in [-0.2, -0.15) is 12.8 Å². The van der Waals surface area contributed by atoms with Crippen molar-refractivity contribution in [1.82, 2.24) is 5.32 Å². The van der Waals surface area contributed by atoms with Crippen LogP contribution in [0, 0.1) is 19.8 Å². The maximum atomic E-state index is 12.8. The third-order valence-electron chi connectivity index (χ3n) is 5.33. The summed E-state index contributed by atoms with van der Waals surface area (Å²) in [5, 5.41) is 6.15. The minimum absolute atomic E-state index is 0.107. The molecule has 1 aliphatic heterocycles. The van der Waals surface area contributed by atoms with Crippen molar-refractivity contribution < 1.29 is 13.2 Å². The molecule has 2 aromatic carbocycles. The minimum Gasteiger partial charge on any atom is -0.322 e. The molecule has 0 bridgehead atoms. The molecule has 1 aliphatic rings. The van der Waals surface area contributed by atoms with Gasteiger partial charge < -0.3 is 10.6 Å². The molecule has 1 saturated heterocycles. The first-order valence-corrected chi connectivity index (χ1v) is 11.2. The van der Waals surface area contributed by atoms with Crippen LogP contribution in [-0.4, -0.2) is 33.1 Å². The van der Waals surface area contributed by atoms with Crippen LogP contribution >= 0.6 is 0 Å². The summed E-state index contributed by atoms with van der Waals surface area (Å²) in [6, 6.07) is 12.0. The molecule has 3 rings (SSSR count). The number of hydrogen-bond acceptors (Lipinski definition) is 4. The summed E-state index contributed by atoms with van der Waals surface area (Å²) in [6.07, 6.45) is 1.78. The molecule has 0 aromatic heterocycles. The smallest absolute Gasteiger partial charge is 0.282 e. The number of rotatable bonds is 5. The predicted octanol–water partition coefficient (Wildman–Crippen LogP) is 3.70. The Labute approximate surface area is 172 Å². The average molecular weight is 414 g/mol. The lowest BCUT2D eigenvalue weighted by molar-refractivity contribution is 0.102. The Hall–Kier alpha value is -2.51. The van der Waals surface area contributed by atoms with Gasteiger partial charge in [0.1, 0.15) is 0 Å². The van der Waals surface area contributed by atoms with E-state index in [2.05, 4.69) is 15.0 Å². The molecule has 154 valence electrons. The van der Waals surface area contributed by atoms with Crippen LogP contribution in [0.5, 0.6) is 0 Å². The Morgan fingerprint density at radius 1 is 1.07 bits per heavy atom. The van der Waals surface area contributed by atoms with Crippen molar-refractivity contribution in [1.29, 1.82) is 0 Å². The van der Waals surface area contributed by atoms with Crippen molar-refractivity contribution in [2.45, 2.75) is 38.5 Å². The Balaban J connectivity index is 1.81. The van der Waals surface area contributed by atoms with E-state index in [4.69, 9.17) is 0 Å². The maximum Gasteiger partial charge on any atom is 0.282 e. The van der Waals surface area contributed by atoms with Crippen LogP contribution in [-0.2, 0) is 10.0 Å². The standard InChI is InChI=1S/C22H27N3O3S/c1-15-6-4-5-7-21(15)24-22(26)20-9-8-19(14-16(20)2)29(27,28)25-17(3)18-10-12-23-13-11-18/h4-9,14,18,23H,10-13H2,1-3H3,(H,24,26)/b25-17-. The van der Waals surface area contributed by atoms with E-state index in [1.807, 2.05) is 31.2 Å². The van der Waals surface area contributed by atoms with E-state index >= 15 is 0 Å². The number of piperidine rings is 1. The van der Waals surface area contributed by atoms with Gasteiger partial charge in [0, 0.05) is 22.9 Å². The number of nitrogens with one attached hydrogen (secondary N) is 2. The van der Waals surface area contributed by atoms with Crippen LogP contribution in [0.15, 0.2) is 51.8 Å². The van der Waals surface area contributed by atoms with Gasteiger partial charge >= 0.3 is 0 Å². The molecule has 1 fully saturated rings. The van der Waals surface area contributed by atoms with Gasteiger partial charge in [-0.25, -0.2) is 0 Å². The zero-order valence-electron chi connectivity index (χ0n) is 17.0. The third-order valence-corrected chi connectivity index (χ3v) is 6.71. The quantitative estimate of drug-likeness (QED) is 0.732. The SMILES string of the molecule is C/C(=N/S(=O)(=O)c1ccc(C(=O)Nc2ccccc2C)c(C)c1)C1CCNCC1. The van der Waals surface area contributed by atoms with Crippen LogP contribution in [0.1, 0.15) is 41.3 Å². The van der Waals surface area contributed by atoms with Crippen LogP contribution in [0.4, 0.5) is 5.69 Å². The normalized spacial score (nSPS) is 15.9. The van der Waals surface area contributed by atoms with E-state index in [0.717, 1.165) is 37.2 Å². The van der Waals surface area contributed by atoms with Gasteiger partial charge in [-0.1, -0.05) is 18.2 Å². The lowest BCUT2D eigenvalue weighted by atomic mass is 9.94. The molecule has 1 amide bonds. The van der Waals surface area contributed by atoms with E-state index in [1.165, 1.54) is 12.1 Å². The van der Waals surface area contributed by atoms with E-state index in [0.29, 0.717) is 16.8 Å². The topological polar surface area (TPSA) is 87.6 Å². The number of para-hydroxylation sites is 1. The number of amides is 1. The van der Waals surface area contributed by atoms with Gasteiger partial charge in [-0.15, -0.1) is 0 Å². The number of hydrogen-bond donors (Lipinski definition) is 2. The summed E-state index contributed by atoms with van der Waals surface area (Å²) < 4.78 is 29.6. The van der Waals surface area contributed by atoms with Crippen LogP contribution in [0.25, 0.3) is 0 Å². The first kappa shape index (κ1) is 21.2. The molecule has 0 radical (unpaired) electrons. The Bertz CT molecular complexity index is 1040. The predicted molar refractivity (Wildman–Crippen MR) is 116 cm³/mol. The molecule has 0 atom stereocenters. The highest BCUT2D eigenvalue weighted by Crippen LogP contribution is 2.22. The van der Waals surface area contributed by atoms with Crippen molar-refractivity contribution in [3.63, 3.8) is 0 Å². The van der Waals surface area contributed by atoms with Crippen molar-refractivity contribution >= 4 is 27.3 Å². The lowest BCUT2D eigenvalue weighted by Gasteiger charge is -2.22. The summed E-state index contributed by atoms with van der Waals surface area (Å²) in [6.45, 7) is 7.18. The fraction of sp³-hybridized carbons (Fsp3) is 0.364. The minimum atomic E-state index is -3.80. The van der Waals surface area contributed by atoms with Gasteiger partial charge in [0.15, 0.2) is 0 Å². The largest absolute Gasteiger partial charge is 0.322 e. The second-order valence-electron chi connectivity index (χ2n) is 7.48. The van der Waals surface area contributed by atoms with Gasteiger partial charge in [0.2, 0.25) is 0 Å². The lowest BCUT2D eigenvalue weighted by Crippen LogP contribution is -2.31. The highest BCUT2D eigenvalue weighted by Gasteiger charge is 2.21. The zero-order chi connectivity index (χ0) is 21.0. The van der Waals surface area contributed by atoms with Crippen molar-refractivity contribution in [3.8, 4) is 0 Å². The fourth-order valence-electron chi connectivity index (χ4n) is 3.51. The van der Waals surface area contributed by atoms with E-state index in [9.17, 15) is 13.2 Å². The van der Waals surface area contributed by atoms with Crippen molar-refractivity contribution in [2.24, 2.45) is 10.3 Å². The number of aryl methyl sites for hydroxylation is 2. The van der Waals surface area contributed by atoms with E-state index in [-0.39, 0.29) is 16.7 Å². The Kier molecular flexibility index (Phi) is 6.49. The second kappa shape index (κ2) is 8.88. The zero-order valence-corrected chi connectivity index (χ0v) is 17.8. The Morgan fingerprint density at radius 3 is 2.41 bits per heavy atom. The summed E-state index contributed by atoms with van der Waals surface area (Å²) in [7, 11) is -3.80.